The number of allylic oxidation sites excluding steroid dienone is 1. The van der Waals surface area contributed by atoms with E-state index < -0.39 is 0 Å². The van der Waals surface area contributed by atoms with E-state index in [1.807, 2.05) is 0 Å². The largest absolute Gasteiger partial charge is 0.351 e. The molecule has 0 radical (unpaired) electrons. The average molecular weight is 450 g/mol. The van der Waals surface area contributed by atoms with Gasteiger partial charge in [-0.1, -0.05) is 13.8 Å². The van der Waals surface area contributed by atoms with Crippen LogP contribution in [0.1, 0.15) is 86.0 Å². The maximum atomic E-state index is 13.1. The second-order valence-electron chi connectivity index (χ2n) is 11.5. The molecule has 3 saturated carbocycles. The Kier molecular flexibility index (Phi) is 4.92. The smallest absolute Gasteiger partial charge is 0.224 e. The van der Waals surface area contributed by atoms with Crippen LogP contribution in [0.25, 0.3) is 0 Å². The van der Waals surface area contributed by atoms with Gasteiger partial charge in [0.25, 0.3) is 0 Å². The van der Waals surface area contributed by atoms with Crippen molar-refractivity contribution in [1.82, 2.24) is 5.32 Å². The summed E-state index contributed by atoms with van der Waals surface area (Å²) < 4.78 is 0.891. The van der Waals surface area contributed by atoms with Crippen molar-refractivity contribution in [2.75, 3.05) is 0 Å². The van der Waals surface area contributed by atoms with E-state index in [9.17, 15) is 9.59 Å². The minimum atomic E-state index is -0.165. The first kappa shape index (κ1) is 20.6. The van der Waals surface area contributed by atoms with Crippen LogP contribution in [0.2, 0.25) is 0 Å². The highest BCUT2D eigenvalue weighted by molar-refractivity contribution is 9.12. The first-order valence-electron chi connectivity index (χ1n) is 11.2. The van der Waals surface area contributed by atoms with Gasteiger partial charge in [-0.05, 0) is 116 Å². The molecule has 4 heteroatoms. The van der Waals surface area contributed by atoms with E-state index in [-0.39, 0.29) is 28.2 Å². The number of Topliss-reactive ketones (excluding diaryl/α,β-unsaturated/α-hetero) is 1. The molecule has 28 heavy (non-hydrogen) atoms. The fourth-order valence-electron chi connectivity index (χ4n) is 7.54. The van der Waals surface area contributed by atoms with Crippen LogP contribution in [0.15, 0.2) is 10.1 Å². The Morgan fingerprint density at radius 3 is 2.43 bits per heavy atom. The molecule has 0 aromatic rings. The predicted molar refractivity (Wildman–Crippen MR) is 116 cm³/mol. The topological polar surface area (TPSA) is 46.2 Å². The molecular weight excluding hydrogens is 414 g/mol. The van der Waals surface area contributed by atoms with E-state index in [0.717, 1.165) is 30.2 Å². The number of hydrogen-bond acceptors (Lipinski definition) is 2. The Labute approximate surface area is 178 Å². The van der Waals surface area contributed by atoms with Gasteiger partial charge < -0.3 is 5.32 Å². The first-order chi connectivity index (χ1) is 13.0. The molecule has 0 aromatic carbocycles. The molecular formula is C24H36BrNO2. The summed E-state index contributed by atoms with van der Waals surface area (Å²) in [7, 11) is 0. The molecule has 3 nitrogen and oxygen atoms in total. The zero-order chi connectivity index (χ0) is 20.5. The number of fused-ring (bicyclic) bond motifs is 5. The molecule has 0 bridgehead atoms. The van der Waals surface area contributed by atoms with Crippen molar-refractivity contribution in [3.05, 3.63) is 10.1 Å². The lowest BCUT2D eigenvalue weighted by molar-refractivity contribution is -0.134. The maximum absolute atomic E-state index is 13.1. The van der Waals surface area contributed by atoms with Crippen LogP contribution >= 0.6 is 15.9 Å². The summed E-state index contributed by atoms with van der Waals surface area (Å²) in [6.07, 6.45) is 8.50. The van der Waals surface area contributed by atoms with Crippen LogP contribution in [0.3, 0.4) is 0 Å². The second kappa shape index (κ2) is 6.68. The summed E-state index contributed by atoms with van der Waals surface area (Å²) in [5, 5.41) is 3.26. The molecule has 1 unspecified atom stereocenters. The molecule has 1 N–H and O–H groups in total. The van der Waals surface area contributed by atoms with E-state index in [1.54, 1.807) is 0 Å². The van der Waals surface area contributed by atoms with Gasteiger partial charge in [0, 0.05) is 17.9 Å². The lowest BCUT2D eigenvalue weighted by atomic mass is 9.47. The summed E-state index contributed by atoms with van der Waals surface area (Å²) in [5.41, 5.74) is 1.54. The fraction of sp³-hybridized carbons (Fsp3) is 0.833. The van der Waals surface area contributed by atoms with Gasteiger partial charge in [0.05, 0.1) is 4.48 Å². The molecule has 0 heterocycles. The molecule has 3 fully saturated rings. The van der Waals surface area contributed by atoms with E-state index in [1.165, 1.54) is 24.8 Å². The highest BCUT2D eigenvalue weighted by atomic mass is 79.9. The van der Waals surface area contributed by atoms with Gasteiger partial charge in [0.15, 0.2) is 5.78 Å². The highest BCUT2D eigenvalue weighted by Gasteiger charge is 2.60. The average Bonchev–Trinajstić information content (AvgIpc) is 2.94. The number of carbonyl (C=O) groups excluding carboxylic acids is 2. The molecule has 156 valence electrons. The van der Waals surface area contributed by atoms with Crippen LogP contribution < -0.4 is 5.32 Å². The highest BCUT2D eigenvalue weighted by Crippen LogP contribution is 2.67. The van der Waals surface area contributed by atoms with Crippen LogP contribution in [0.5, 0.6) is 0 Å². The van der Waals surface area contributed by atoms with Gasteiger partial charge in [0.1, 0.15) is 0 Å². The third kappa shape index (κ3) is 3.04. The van der Waals surface area contributed by atoms with Gasteiger partial charge in [0.2, 0.25) is 5.91 Å². The van der Waals surface area contributed by atoms with Crippen molar-refractivity contribution in [3.8, 4) is 0 Å². The van der Waals surface area contributed by atoms with Crippen LogP contribution in [0.4, 0.5) is 0 Å². The molecule has 6 atom stereocenters. The molecule has 0 saturated heterocycles. The van der Waals surface area contributed by atoms with Crippen LogP contribution in [-0.4, -0.2) is 17.2 Å². The van der Waals surface area contributed by atoms with Crippen molar-refractivity contribution in [2.45, 2.75) is 91.5 Å². The van der Waals surface area contributed by atoms with E-state index in [2.05, 4.69) is 55.9 Å². The normalized spacial score (nSPS) is 43.3. The Balaban J connectivity index is 1.61. The number of hydrogen-bond donors (Lipinski definition) is 1. The Morgan fingerprint density at radius 1 is 1.04 bits per heavy atom. The minimum absolute atomic E-state index is 0.135. The maximum Gasteiger partial charge on any atom is 0.224 e. The molecule has 0 spiro atoms. The van der Waals surface area contributed by atoms with Gasteiger partial charge in [-0.2, -0.15) is 0 Å². The Hall–Kier alpha value is -0.640. The first-order valence-corrected chi connectivity index (χ1v) is 12.0. The summed E-state index contributed by atoms with van der Waals surface area (Å²) in [6, 6.07) is 0. The van der Waals surface area contributed by atoms with Gasteiger partial charge >= 0.3 is 0 Å². The third-order valence-corrected chi connectivity index (χ3v) is 9.79. The standard InChI is InChI=1S/C24H36BrNO2/c1-22(2,3)26-21(28)18-9-8-15-14-6-7-17-20(25)19(27)11-13-23(17,4)16(14)10-12-24(15,18)5/h14-16,18H,6-13H2,1-5H3,(H,26,28)/t14-,15-,16+,18?,23+,24-/m0/s1. The van der Waals surface area contributed by atoms with E-state index >= 15 is 0 Å². The molecule has 4 aliphatic carbocycles. The quantitative estimate of drug-likeness (QED) is 0.551. The summed E-state index contributed by atoms with van der Waals surface area (Å²) >= 11 is 3.65. The minimum Gasteiger partial charge on any atom is -0.351 e. The monoisotopic (exact) mass is 449 g/mol. The molecule has 4 aliphatic rings. The summed E-state index contributed by atoms with van der Waals surface area (Å²) in [4.78, 5) is 25.4. The Bertz CT molecular complexity index is 735. The zero-order valence-electron chi connectivity index (χ0n) is 18.2. The SMILES string of the molecule is CC(C)(C)NC(=O)C1CC[C@H]2[C@@H]3CCC4=C(Br)C(=O)CC[C@]4(C)[C@@H]3CC[C@]12C. The molecule has 0 aliphatic heterocycles. The van der Waals surface area contributed by atoms with Crippen molar-refractivity contribution < 1.29 is 9.59 Å². The second-order valence-corrected chi connectivity index (χ2v) is 12.3. The molecule has 0 aromatic heterocycles. The van der Waals surface area contributed by atoms with E-state index in [0.29, 0.717) is 30.0 Å². The number of halogens is 1. The van der Waals surface area contributed by atoms with Gasteiger partial charge in [-0.3, -0.25) is 9.59 Å². The Morgan fingerprint density at radius 2 is 1.75 bits per heavy atom. The van der Waals surface area contributed by atoms with Crippen molar-refractivity contribution in [2.24, 2.45) is 34.5 Å². The van der Waals surface area contributed by atoms with Crippen LogP contribution in [0, 0.1) is 34.5 Å². The van der Waals surface area contributed by atoms with Crippen LogP contribution in [-0.2, 0) is 9.59 Å². The van der Waals surface area contributed by atoms with Crippen molar-refractivity contribution in [1.29, 1.82) is 0 Å². The molecule has 1 amide bonds. The van der Waals surface area contributed by atoms with Crippen molar-refractivity contribution in [3.63, 3.8) is 0 Å². The zero-order valence-corrected chi connectivity index (χ0v) is 19.7. The van der Waals surface area contributed by atoms with Crippen molar-refractivity contribution >= 4 is 27.6 Å². The number of nitrogens with one attached hydrogen (secondary N) is 1. The number of amides is 1. The molecule has 4 rings (SSSR count). The summed E-state index contributed by atoms with van der Waals surface area (Å²) in [5.74, 6) is 2.74. The third-order valence-electron chi connectivity index (χ3n) is 8.87. The lowest BCUT2D eigenvalue weighted by Crippen LogP contribution is -2.53. The van der Waals surface area contributed by atoms with Gasteiger partial charge in [-0.25, -0.2) is 0 Å². The number of ketones is 1. The van der Waals surface area contributed by atoms with E-state index in [4.69, 9.17) is 0 Å². The lowest BCUT2D eigenvalue weighted by Gasteiger charge is -2.58. The van der Waals surface area contributed by atoms with Gasteiger partial charge in [-0.15, -0.1) is 0 Å². The fourth-order valence-corrected chi connectivity index (χ4v) is 8.39. The number of rotatable bonds is 1. The predicted octanol–water partition coefficient (Wildman–Crippen LogP) is 5.77. The number of carbonyl (C=O) groups is 2. The summed E-state index contributed by atoms with van der Waals surface area (Å²) in [6.45, 7) is 11.1.